The number of amides is 2. The summed E-state index contributed by atoms with van der Waals surface area (Å²) >= 11 is 0. The van der Waals surface area contributed by atoms with E-state index in [4.69, 9.17) is 9.47 Å². The molecule has 1 saturated carbocycles. The SMILES string of the molecule is Cc1c(NC(=O)C2(c3ccc4c(c3)OCO4)CC2)cccc1-c1ccc(C(=O)N(C(C)C)C(C)C)cc1. The van der Waals surface area contributed by atoms with E-state index < -0.39 is 5.41 Å². The number of benzene rings is 3. The molecule has 1 N–H and O–H groups in total. The van der Waals surface area contributed by atoms with Crippen molar-refractivity contribution in [1.82, 2.24) is 4.90 Å². The summed E-state index contributed by atoms with van der Waals surface area (Å²) in [5, 5.41) is 3.19. The fourth-order valence-corrected chi connectivity index (χ4v) is 5.30. The Morgan fingerprint density at radius 1 is 0.892 bits per heavy atom. The van der Waals surface area contributed by atoms with E-state index >= 15 is 0 Å². The van der Waals surface area contributed by atoms with E-state index in [2.05, 4.69) is 5.32 Å². The van der Waals surface area contributed by atoms with Crippen LogP contribution in [0.5, 0.6) is 11.5 Å². The van der Waals surface area contributed by atoms with Crippen LogP contribution in [-0.2, 0) is 10.2 Å². The zero-order valence-corrected chi connectivity index (χ0v) is 22.1. The van der Waals surface area contributed by atoms with Gasteiger partial charge in [0.1, 0.15) is 0 Å². The van der Waals surface area contributed by atoms with Gasteiger partial charge in [0.2, 0.25) is 12.7 Å². The summed E-state index contributed by atoms with van der Waals surface area (Å²) in [5.41, 5.74) is 4.90. The lowest BCUT2D eigenvalue weighted by Gasteiger charge is -2.31. The van der Waals surface area contributed by atoms with Crippen molar-refractivity contribution >= 4 is 17.5 Å². The highest BCUT2D eigenvalue weighted by Gasteiger charge is 2.51. The average molecular weight is 499 g/mol. The molecule has 2 amide bonds. The van der Waals surface area contributed by atoms with Crippen LogP contribution in [-0.4, -0.2) is 35.6 Å². The standard InChI is InChI=1S/C31H34N2O4/c1-19(2)33(20(3)4)29(34)23-11-9-22(10-12-23)25-7-6-8-26(21(25)5)32-30(35)31(15-16-31)24-13-14-27-28(17-24)37-18-36-27/h6-14,17,19-20H,15-16,18H2,1-5H3,(H,32,35). The molecule has 1 fully saturated rings. The predicted molar refractivity (Wildman–Crippen MR) is 145 cm³/mol. The Morgan fingerprint density at radius 2 is 1.57 bits per heavy atom. The van der Waals surface area contributed by atoms with Crippen LogP contribution >= 0.6 is 0 Å². The maximum Gasteiger partial charge on any atom is 0.254 e. The molecule has 6 heteroatoms. The second-order valence-electron chi connectivity index (χ2n) is 10.6. The molecule has 6 nitrogen and oxygen atoms in total. The first-order chi connectivity index (χ1) is 17.7. The van der Waals surface area contributed by atoms with E-state index in [0.717, 1.165) is 46.5 Å². The summed E-state index contributed by atoms with van der Waals surface area (Å²) in [6.07, 6.45) is 1.60. The normalized spacial score (nSPS) is 15.1. The highest BCUT2D eigenvalue weighted by atomic mass is 16.7. The van der Waals surface area contributed by atoms with Gasteiger partial charge in [-0.25, -0.2) is 0 Å². The Labute approximate surface area is 218 Å². The zero-order valence-electron chi connectivity index (χ0n) is 22.1. The lowest BCUT2D eigenvalue weighted by Crippen LogP contribution is -2.42. The minimum absolute atomic E-state index is 0.00461. The maximum atomic E-state index is 13.5. The second kappa shape index (κ2) is 9.58. The third-order valence-electron chi connectivity index (χ3n) is 7.48. The predicted octanol–water partition coefficient (Wildman–Crippen LogP) is 6.32. The van der Waals surface area contributed by atoms with Crippen LogP contribution in [0, 0.1) is 6.92 Å². The topological polar surface area (TPSA) is 67.9 Å². The number of fused-ring (bicyclic) bond motifs is 1. The molecule has 5 rings (SSSR count). The van der Waals surface area contributed by atoms with Gasteiger partial charge in [0.15, 0.2) is 11.5 Å². The maximum absolute atomic E-state index is 13.5. The van der Waals surface area contributed by atoms with Crippen molar-refractivity contribution in [1.29, 1.82) is 0 Å². The molecule has 0 spiro atoms. The highest BCUT2D eigenvalue weighted by Crippen LogP contribution is 2.51. The van der Waals surface area contributed by atoms with Crippen molar-refractivity contribution in [3.63, 3.8) is 0 Å². The number of nitrogens with one attached hydrogen (secondary N) is 1. The Balaban J connectivity index is 1.36. The minimum Gasteiger partial charge on any atom is -0.454 e. The summed E-state index contributed by atoms with van der Waals surface area (Å²) < 4.78 is 10.9. The fourth-order valence-electron chi connectivity index (χ4n) is 5.30. The van der Waals surface area contributed by atoms with Crippen LogP contribution in [0.25, 0.3) is 11.1 Å². The second-order valence-corrected chi connectivity index (χ2v) is 10.6. The summed E-state index contributed by atoms with van der Waals surface area (Å²) in [5.74, 6) is 1.45. The zero-order chi connectivity index (χ0) is 26.3. The van der Waals surface area contributed by atoms with Gasteiger partial charge in [0.05, 0.1) is 5.41 Å². The van der Waals surface area contributed by atoms with Gasteiger partial charge in [0, 0.05) is 23.3 Å². The number of nitrogens with zero attached hydrogens (tertiary/aromatic N) is 1. The van der Waals surface area contributed by atoms with Gasteiger partial charge < -0.3 is 19.7 Å². The van der Waals surface area contributed by atoms with Gasteiger partial charge >= 0.3 is 0 Å². The Hall–Kier alpha value is -3.80. The third kappa shape index (κ3) is 4.57. The van der Waals surface area contributed by atoms with Crippen LogP contribution in [0.1, 0.15) is 62.0 Å². The van der Waals surface area contributed by atoms with E-state index in [9.17, 15) is 9.59 Å². The minimum atomic E-state index is -0.538. The average Bonchev–Trinajstić information content (AvgIpc) is 3.55. The molecular formula is C31H34N2O4. The third-order valence-corrected chi connectivity index (χ3v) is 7.48. The number of carbonyl (C=O) groups is 2. The lowest BCUT2D eigenvalue weighted by molar-refractivity contribution is -0.118. The first kappa shape index (κ1) is 24.9. The molecule has 0 aromatic heterocycles. The molecule has 37 heavy (non-hydrogen) atoms. The molecule has 192 valence electrons. The molecule has 1 aliphatic carbocycles. The molecule has 3 aromatic carbocycles. The number of hydrogen-bond acceptors (Lipinski definition) is 4. The van der Waals surface area contributed by atoms with Gasteiger partial charge in [-0.05, 0) is 100 Å². The Morgan fingerprint density at radius 3 is 2.22 bits per heavy atom. The van der Waals surface area contributed by atoms with E-state index in [-0.39, 0.29) is 30.7 Å². The molecule has 0 unspecified atom stereocenters. The Bertz CT molecular complexity index is 1330. The summed E-state index contributed by atoms with van der Waals surface area (Å²) in [4.78, 5) is 28.4. The first-order valence-corrected chi connectivity index (χ1v) is 13.0. The van der Waals surface area contributed by atoms with Crippen molar-refractivity contribution in [3.05, 3.63) is 77.4 Å². The molecule has 1 heterocycles. The van der Waals surface area contributed by atoms with Crippen molar-refractivity contribution in [2.24, 2.45) is 0 Å². The quantitative estimate of drug-likeness (QED) is 0.414. The number of anilines is 1. The molecule has 0 atom stereocenters. The van der Waals surface area contributed by atoms with E-state index in [0.29, 0.717) is 11.3 Å². The van der Waals surface area contributed by atoms with Crippen molar-refractivity contribution in [2.75, 3.05) is 12.1 Å². The van der Waals surface area contributed by atoms with Crippen LogP contribution < -0.4 is 14.8 Å². The lowest BCUT2D eigenvalue weighted by atomic mass is 9.93. The van der Waals surface area contributed by atoms with Gasteiger partial charge in [-0.3, -0.25) is 9.59 Å². The van der Waals surface area contributed by atoms with Crippen LogP contribution in [0.3, 0.4) is 0 Å². The monoisotopic (exact) mass is 498 g/mol. The number of hydrogen-bond donors (Lipinski definition) is 1. The summed E-state index contributed by atoms with van der Waals surface area (Å²) in [6, 6.07) is 19.7. The highest BCUT2D eigenvalue weighted by molar-refractivity contribution is 6.02. The van der Waals surface area contributed by atoms with Crippen molar-refractivity contribution in [3.8, 4) is 22.6 Å². The first-order valence-electron chi connectivity index (χ1n) is 13.0. The molecule has 3 aromatic rings. The molecule has 0 bridgehead atoms. The van der Waals surface area contributed by atoms with Crippen molar-refractivity contribution in [2.45, 2.75) is 65.0 Å². The molecular weight excluding hydrogens is 464 g/mol. The van der Waals surface area contributed by atoms with Gasteiger partial charge in [-0.1, -0.05) is 30.3 Å². The smallest absolute Gasteiger partial charge is 0.254 e. The van der Waals surface area contributed by atoms with Crippen molar-refractivity contribution < 1.29 is 19.1 Å². The molecule has 0 saturated heterocycles. The fraction of sp³-hybridized carbons (Fsp3) is 0.355. The van der Waals surface area contributed by atoms with E-state index in [1.807, 2.05) is 100 Å². The van der Waals surface area contributed by atoms with Gasteiger partial charge in [-0.15, -0.1) is 0 Å². The van der Waals surface area contributed by atoms with E-state index in [1.165, 1.54) is 0 Å². The van der Waals surface area contributed by atoms with E-state index in [1.54, 1.807) is 0 Å². The number of ether oxygens (including phenoxy) is 2. The van der Waals surface area contributed by atoms with Gasteiger partial charge in [0.25, 0.3) is 5.91 Å². The molecule has 1 aliphatic heterocycles. The van der Waals surface area contributed by atoms with Crippen LogP contribution in [0.4, 0.5) is 5.69 Å². The molecule has 0 radical (unpaired) electrons. The van der Waals surface area contributed by atoms with Crippen LogP contribution in [0.2, 0.25) is 0 Å². The summed E-state index contributed by atoms with van der Waals surface area (Å²) in [7, 11) is 0. The van der Waals surface area contributed by atoms with Crippen LogP contribution in [0.15, 0.2) is 60.7 Å². The number of carbonyl (C=O) groups excluding carboxylic acids is 2. The molecule has 2 aliphatic rings. The van der Waals surface area contributed by atoms with Gasteiger partial charge in [-0.2, -0.15) is 0 Å². The summed E-state index contributed by atoms with van der Waals surface area (Å²) in [6.45, 7) is 10.4. The largest absolute Gasteiger partial charge is 0.454 e. The number of rotatable bonds is 7. The Kier molecular flexibility index (Phi) is 6.44.